The van der Waals surface area contributed by atoms with Gasteiger partial charge in [0.1, 0.15) is 5.75 Å². The van der Waals surface area contributed by atoms with Gasteiger partial charge in [-0.2, -0.15) is 5.10 Å². The Morgan fingerprint density at radius 1 is 1.08 bits per heavy atom. The first-order valence-electron chi connectivity index (χ1n) is 8.21. The smallest absolute Gasteiger partial charge is 0.259 e. The fraction of sp³-hybridized carbons (Fsp3) is 0.200. The average Bonchev–Trinajstić information content (AvgIpc) is 3.00. The maximum absolute atomic E-state index is 12.6. The van der Waals surface area contributed by atoms with Gasteiger partial charge in [-0.1, -0.05) is 42.5 Å². The van der Waals surface area contributed by atoms with Crippen LogP contribution in [0, 0.1) is 6.92 Å². The van der Waals surface area contributed by atoms with E-state index in [4.69, 9.17) is 4.74 Å². The number of aryl methyl sites for hydroxylation is 3. The summed E-state index contributed by atoms with van der Waals surface area (Å²) < 4.78 is 5.27. The lowest BCUT2D eigenvalue weighted by molar-refractivity contribution is 0.102. The molecule has 5 heteroatoms. The average molecular weight is 335 g/mol. The summed E-state index contributed by atoms with van der Waals surface area (Å²) in [6.45, 7) is 1.90. The number of H-pyrrole nitrogens is 1. The molecule has 3 aromatic rings. The van der Waals surface area contributed by atoms with E-state index >= 15 is 0 Å². The first-order chi connectivity index (χ1) is 12.2. The van der Waals surface area contributed by atoms with Crippen LogP contribution in [0.25, 0.3) is 0 Å². The predicted molar refractivity (Wildman–Crippen MR) is 98.1 cm³/mol. The highest BCUT2D eigenvalue weighted by atomic mass is 16.5. The van der Waals surface area contributed by atoms with Crippen molar-refractivity contribution in [3.05, 3.63) is 77.1 Å². The van der Waals surface area contributed by atoms with E-state index in [1.807, 2.05) is 37.3 Å². The van der Waals surface area contributed by atoms with Crippen LogP contribution in [0.2, 0.25) is 0 Å². The third-order valence-corrected chi connectivity index (χ3v) is 4.11. The van der Waals surface area contributed by atoms with Crippen LogP contribution in [0.4, 0.5) is 5.69 Å². The van der Waals surface area contributed by atoms with E-state index in [9.17, 15) is 4.79 Å². The van der Waals surface area contributed by atoms with Gasteiger partial charge in [-0.25, -0.2) is 0 Å². The molecule has 2 aromatic carbocycles. The summed E-state index contributed by atoms with van der Waals surface area (Å²) >= 11 is 0. The molecule has 128 valence electrons. The van der Waals surface area contributed by atoms with Gasteiger partial charge in [-0.05, 0) is 37.5 Å². The Morgan fingerprint density at radius 2 is 1.80 bits per heavy atom. The zero-order valence-electron chi connectivity index (χ0n) is 14.4. The number of amides is 1. The number of methoxy groups -OCH3 is 1. The number of para-hydroxylation sites is 1. The molecule has 0 radical (unpaired) electrons. The number of hydrogen-bond acceptors (Lipinski definition) is 3. The number of aromatic nitrogens is 2. The van der Waals surface area contributed by atoms with Crippen LogP contribution >= 0.6 is 0 Å². The monoisotopic (exact) mass is 335 g/mol. The Kier molecular flexibility index (Phi) is 5.14. The summed E-state index contributed by atoms with van der Waals surface area (Å²) in [4.78, 5) is 12.6. The minimum absolute atomic E-state index is 0.206. The van der Waals surface area contributed by atoms with Crippen molar-refractivity contribution in [1.82, 2.24) is 10.2 Å². The number of anilines is 1. The summed E-state index contributed by atoms with van der Waals surface area (Å²) in [5.41, 5.74) is 4.17. The molecule has 5 nitrogen and oxygen atoms in total. The maximum atomic E-state index is 12.6. The second-order valence-electron chi connectivity index (χ2n) is 5.81. The number of ether oxygens (including phenoxy) is 1. The van der Waals surface area contributed by atoms with Gasteiger partial charge in [0.25, 0.3) is 5.91 Å². The number of aromatic amines is 1. The highest BCUT2D eigenvalue weighted by Crippen LogP contribution is 2.23. The highest BCUT2D eigenvalue weighted by Gasteiger charge is 2.17. The van der Waals surface area contributed by atoms with Crippen LogP contribution < -0.4 is 10.1 Å². The molecule has 0 saturated heterocycles. The SMILES string of the molecule is COc1ccccc1C(=O)Nc1c(CCc2ccccc2)n[nH]c1C. The number of carbonyl (C=O) groups is 1. The fourth-order valence-corrected chi connectivity index (χ4v) is 2.75. The summed E-state index contributed by atoms with van der Waals surface area (Å²) in [7, 11) is 1.56. The number of benzene rings is 2. The lowest BCUT2D eigenvalue weighted by Crippen LogP contribution is -2.14. The van der Waals surface area contributed by atoms with Gasteiger partial charge in [0, 0.05) is 0 Å². The molecule has 3 rings (SSSR count). The number of rotatable bonds is 6. The number of nitrogens with zero attached hydrogens (tertiary/aromatic N) is 1. The van der Waals surface area contributed by atoms with Crippen LogP contribution in [0.15, 0.2) is 54.6 Å². The molecule has 1 amide bonds. The molecule has 0 unspecified atom stereocenters. The van der Waals surface area contributed by atoms with Crippen LogP contribution in [-0.2, 0) is 12.8 Å². The lowest BCUT2D eigenvalue weighted by Gasteiger charge is -2.10. The van der Waals surface area contributed by atoms with E-state index in [0.29, 0.717) is 11.3 Å². The molecule has 25 heavy (non-hydrogen) atoms. The number of hydrogen-bond donors (Lipinski definition) is 2. The molecule has 0 bridgehead atoms. The molecular formula is C20H21N3O2. The summed E-state index contributed by atoms with van der Waals surface area (Å²) in [6.07, 6.45) is 1.61. The minimum Gasteiger partial charge on any atom is -0.496 e. The topological polar surface area (TPSA) is 67.0 Å². The summed E-state index contributed by atoms with van der Waals surface area (Å²) in [6, 6.07) is 17.4. The zero-order chi connectivity index (χ0) is 17.6. The van der Waals surface area contributed by atoms with E-state index in [1.165, 1.54) is 5.56 Å². The van der Waals surface area contributed by atoms with E-state index in [1.54, 1.807) is 19.2 Å². The normalized spacial score (nSPS) is 10.5. The molecule has 0 atom stereocenters. The predicted octanol–water partition coefficient (Wildman–Crippen LogP) is 3.76. The quantitative estimate of drug-likeness (QED) is 0.721. The van der Waals surface area contributed by atoms with Crippen molar-refractivity contribution in [1.29, 1.82) is 0 Å². The van der Waals surface area contributed by atoms with Crippen LogP contribution in [-0.4, -0.2) is 23.2 Å². The maximum Gasteiger partial charge on any atom is 0.259 e. The van der Waals surface area contributed by atoms with Gasteiger partial charge in [0.2, 0.25) is 0 Å². The van der Waals surface area contributed by atoms with E-state index in [0.717, 1.165) is 29.9 Å². The fourth-order valence-electron chi connectivity index (χ4n) is 2.75. The summed E-state index contributed by atoms with van der Waals surface area (Å²) in [5, 5.41) is 10.3. The second-order valence-corrected chi connectivity index (χ2v) is 5.81. The van der Waals surface area contributed by atoms with Gasteiger partial charge in [0.15, 0.2) is 0 Å². The number of carbonyl (C=O) groups excluding carboxylic acids is 1. The first-order valence-corrected chi connectivity index (χ1v) is 8.21. The van der Waals surface area contributed by atoms with E-state index < -0.39 is 0 Å². The highest BCUT2D eigenvalue weighted by molar-refractivity contribution is 6.06. The standard InChI is InChI=1S/C20H21N3O2/c1-14-19(21-20(24)16-10-6-7-11-18(16)25-2)17(23-22-14)13-12-15-8-4-3-5-9-15/h3-11H,12-13H2,1-2H3,(H,21,24)(H,22,23). The largest absolute Gasteiger partial charge is 0.496 e. The van der Waals surface area contributed by atoms with Gasteiger partial charge in [-0.15, -0.1) is 0 Å². The van der Waals surface area contributed by atoms with E-state index in [-0.39, 0.29) is 5.91 Å². The molecule has 0 aliphatic heterocycles. The van der Waals surface area contributed by atoms with Crippen molar-refractivity contribution < 1.29 is 9.53 Å². The third-order valence-electron chi connectivity index (χ3n) is 4.11. The molecule has 0 aliphatic rings. The van der Waals surface area contributed by atoms with Crippen molar-refractivity contribution in [2.24, 2.45) is 0 Å². The van der Waals surface area contributed by atoms with Crippen molar-refractivity contribution in [2.75, 3.05) is 12.4 Å². The Balaban J connectivity index is 1.76. The zero-order valence-corrected chi connectivity index (χ0v) is 14.4. The van der Waals surface area contributed by atoms with Crippen LogP contribution in [0.5, 0.6) is 5.75 Å². The van der Waals surface area contributed by atoms with Gasteiger partial charge in [-0.3, -0.25) is 9.89 Å². The van der Waals surface area contributed by atoms with Crippen molar-refractivity contribution in [3.8, 4) is 5.75 Å². The van der Waals surface area contributed by atoms with Crippen LogP contribution in [0.3, 0.4) is 0 Å². The number of nitrogens with one attached hydrogen (secondary N) is 2. The van der Waals surface area contributed by atoms with Crippen LogP contribution in [0.1, 0.15) is 27.3 Å². The van der Waals surface area contributed by atoms with Gasteiger partial charge < -0.3 is 10.1 Å². The molecular weight excluding hydrogens is 314 g/mol. The summed E-state index contributed by atoms with van der Waals surface area (Å²) in [5.74, 6) is 0.342. The Labute approximate surface area is 147 Å². The molecule has 1 heterocycles. The Bertz CT molecular complexity index is 856. The molecule has 0 saturated carbocycles. The van der Waals surface area contributed by atoms with Crippen molar-refractivity contribution in [3.63, 3.8) is 0 Å². The Hall–Kier alpha value is -3.08. The first kappa shape index (κ1) is 16.8. The third kappa shape index (κ3) is 3.88. The van der Waals surface area contributed by atoms with Gasteiger partial charge in [0.05, 0.1) is 29.7 Å². The molecule has 1 aromatic heterocycles. The lowest BCUT2D eigenvalue weighted by atomic mass is 10.1. The minimum atomic E-state index is -0.206. The molecule has 0 spiro atoms. The Morgan fingerprint density at radius 3 is 2.56 bits per heavy atom. The van der Waals surface area contributed by atoms with Crippen molar-refractivity contribution >= 4 is 11.6 Å². The molecule has 0 fully saturated rings. The molecule has 2 N–H and O–H groups in total. The molecule has 0 aliphatic carbocycles. The van der Waals surface area contributed by atoms with Crippen molar-refractivity contribution in [2.45, 2.75) is 19.8 Å². The van der Waals surface area contributed by atoms with Gasteiger partial charge >= 0.3 is 0 Å². The van der Waals surface area contributed by atoms with E-state index in [2.05, 4.69) is 27.6 Å². The second kappa shape index (κ2) is 7.66.